The van der Waals surface area contributed by atoms with Crippen LogP contribution in [0.3, 0.4) is 0 Å². The van der Waals surface area contributed by atoms with E-state index < -0.39 is 17.3 Å². The van der Waals surface area contributed by atoms with Gasteiger partial charge in [-0.15, -0.1) is 0 Å². The second kappa shape index (κ2) is 6.22. The summed E-state index contributed by atoms with van der Waals surface area (Å²) in [7, 11) is 0. The van der Waals surface area contributed by atoms with Crippen molar-refractivity contribution in [2.75, 3.05) is 11.4 Å². The number of carbonyl (C=O) groups excluding carboxylic acids is 1. The van der Waals surface area contributed by atoms with Crippen molar-refractivity contribution >= 4 is 29.2 Å². The van der Waals surface area contributed by atoms with E-state index >= 15 is 0 Å². The summed E-state index contributed by atoms with van der Waals surface area (Å²) in [5, 5.41) is 9.23. The van der Waals surface area contributed by atoms with Crippen LogP contribution in [0.15, 0.2) is 18.3 Å². The van der Waals surface area contributed by atoms with Crippen LogP contribution in [-0.4, -0.2) is 28.5 Å². The first-order chi connectivity index (χ1) is 9.14. The Kier molecular flexibility index (Phi) is 5.11. The number of hydrogen-bond acceptors (Lipinski definition) is 3. The predicted molar refractivity (Wildman–Crippen MR) is 77.9 cm³/mol. The van der Waals surface area contributed by atoms with Gasteiger partial charge in [0.1, 0.15) is 0 Å². The van der Waals surface area contributed by atoms with E-state index in [-0.39, 0.29) is 17.6 Å². The summed E-state index contributed by atoms with van der Waals surface area (Å²) in [4.78, 5) is 28.9. The maximum atomic E-state index is 12.5. The fraction of sp³-hybridized carbons (Fsp3) is 0.500. The number of nitrogens with zero attached hydrogens (tertiary/aromatic N) is 2. The Morgan fingerprint density at radius 1 is 1.45 bits per heavy atom. The van der Waals surface area contributed by atoms with Crippen LogP contribution in [0.5, 0.6) is 0 Å². The minimum Gasteiger partial charge on any atom is -0.481 e. The first-order valence-electron chi connectivity index (χ1n) is 6.30. The number of carboxylic acid groups (broad SMARTS) is 1. The Labute approximate surface area is 123 Å². The monoisotopic (exact) mass is 298 g/mol. The SMILES string of the molecule is CC(CN(C(=O)C(C)(C)C)c1cccnc1Cl)C(=O)O. The van der Waals surface area contributed by atoms with Crippen molar-refractivity contribution in [3.8, 4) is 0 Å². The molecule has 1 aromatic rings. The van der Waals surface area contributed by atoms with Gasteiger partial charge in [0.15, 0.2) is 5.15 Å². The number of carbonyl (C=O) groups is 2. The highest BCUT2D eigenvalue weighted by atomic mass is 35.5. The molecular weight excluding hydrogens is 280 g/mol. The fourth-order valence-electron chi connectivity index (χ4n) is 1.63. The Hall–Kier alpha value is -1.62. The molecule has 20 heavy (non-hydrogen) atoms. The number of aliphatic carboxylic acids is 1. The largest absolute Gasteiger partial charge is 0.481 e. The average Bonchev–Trinajstić information content (AvgIpc) is 2.34. The quantitative estimate of drug-likeness (QED) is 0.868. The van der Waals surface area contributed by atoms with E-state index in [4.69, 9.17) is 16.7 Å². The summed E-state index contributed by atoms with van der Waals surface area (Å²) in [5.74, 6) is -1.85. The molecule has 1 N–H and O–H groups in total. The smallest absolute Gasteiger partial charge is 0.308 e. The van der Waals surface area contributed by atoms with Crippen molar-refractivity contribution in [3.05, 3.63) is 23.5 Å². The van der Waals surface area contributed by atoms with E-state index in [1.165, 1.54) is 11.1 Å². The standard InChI is InChI=1S/C14H19ClN2O3/c1-9(12(18)19)8-17(13(20)14(2,3)4)10-6-5-7-16-11(10)15/h5-7,9H,8H2,1-4H3,(H,18,19). The molecule has 1 amide bonds. The molecule has 1 heterocycles. The minimum absolute atomic E-state index is 0.0524. The molecular formula is C14H19ClN2O3. The lowest BCUT2D eigenvalue weighted by Gasteiger charge is -2.31. The third kappa shape index (κ3) is 3.93. The predicted octanol–water partition coefficient (Wildman–Crippen LogP) is 2.83. The van der Waals surface area contributed by atoms with Gasteiger partial charge in [0.05, 0.1) is 11.6 Å². The van der Waals surface area contributed by atoms with Crippen LogP contribution in [0.2, 0.25) is 5.15 Å². The molecule has 5 nitrogen and oxygen atoms in total. The van der Waals surface area contributed by atoms with E-state index in [0.717, 1.165) is 0 Å². The average molecular weight is 299 g/mol. The summed E-state index contributed by atoms with van der Waals surface area (Å²) < 4.78 is 0. The number of amides is 1. The lowest BCUT2D eigenvalue weighted by Crippen LogP contribution is -2.43. The summed E-state index contributed by atoms with van der Waals surface area (Å²) in [6.07, 6.45) is 1.52. The molecule has 0 aliphatic carbocycles. The first-order valence-corrected chi connectivity index (χ1v) is 6.67. The highest BCUT2D eigenvalue weighted by molar-refractivity contribution is 6.32. The molecule has 1 aromatic heterocycles. The number of halogens is 1. The third-order valence-corrected chi connectivity index (χ3v) is 3.09. The molecule has 0 aliphatic rings. The lowest BCUT2D eigenvalue weighted by atomic mass is 9.94. The van der Waals surface area contributed by atoms with Gasteiger partial charge in [0.25, 0.3) is 0 Å². The number of pyridine rings is 1. The van der Waals surface area contributed by atoms with E-state index in [0.29, 0.717) is 5.69 Å². The number of anilines is 1. The second-order valence-electron chi connectivity index (χ2n) is 5.72. The lowest BCUT2D eigenvalue weighted by molar-refractivity contribution is -0.140. The highest BCUT2D eigenvalue weighted by Crippen LogP contribution is 2.28. The van der Waals surface area contributed by atoms with E-state index in [1.807, 2.05) is 0 Å². The molecule has 0 bridgehead atoms. The molecule has 0 saturated heterocycles. The molecule has 110 valence electrons. The van der Waals surface area contributed by atoms with E-state index in [1.54, 1.807) is 39.8 Å². The van der Waals surface area contributed by atoms with Crippen LogP contribution in [0.25, 0.3) is 0 Å². The van der Waals surface area contributed by atoms with Crippen molar-refractivity contribution < 1.29 is 14.7 Å². The number of aromatic nitrogens is 1. The summed E-state index contributed by atoms with van der Waals surface area (Å²) in [5.41, 5.74) is -0.209. The van der Waals surface area contributed by atoms with Crippen LogP contribution in [-0.2, 0) is 9.59 Å². The van der Waals surface area contributed by atoms with Crippen molar-refractivity contribution in [2.24, 2.45) is 11.3 Å². The molecule has 0 radical (unpaired) electrons. The van der Waals surface area contributed by atoms with Gasteiger partial charge in [-0.2, -0.15) is 0 Å². The molecule has 0 saturated carbocycles. The van der Waals surface area contributed by atoms with Crippen LogP contribution in [0, 0.1) is 11.3 Å². The van der Waals surface area contributed by atoms with Crippen molar-refractivity contribution in [3.63, 3.8) is 0 Å². The van der Waals surface area contributed by atoms with Gasteiger partial charge in [-0.3, -0.25) is 9.59 Å². The zero-order valence-corrected chi connectivity index (χ0v) is 12.8. The van der Waals surface area contributed by atoms with Crippen molar-refractivity contribution in [2.45, 2.75) is 27.7 Å². The van der Waals surface area contributed by atoms with Gasteiger partial charge in [0, 0.05) is 18.2 Å². The molecule has 6 heteroatoms. The molecule has 0 spiro atoms. The minimum atomic E-state index is -0.961. The number of hydrogen-bond donors (Lipinski definition) is 1. The third-order valence-electron chi connectivity index (χ3n) is 2.79. The van der Waals surface area contributed by atoms with Crippen LogP contribution >= 0.6 is 11.6 Å². The van der Waals surface area contributed by atoms with Gasteiger partial charge in [-0.1, -0.05) is 39.3 Å². The zero-order chi connectivity index (χ0) is 15.5. The van der Waals surface area contributed by atoms with Crippen LogP contribution in [0.1, 0.15) is 27.7 Å². The molecule has 0 aromatic carbocycles. The number of carboxylic acids is 1. The van der Waals surface area contributed by atoms with Crippen molar-refractivity contribution in [1.29, 1.82) is 0 Å². The normalized spacial score (nSPS) is 12.8. The molecule has 1 atom stereocenters. The van der Waals surface area contributed by atoms with E-state index in [9.17, 15) is 9.59 Å². The first kappa shape index (κ1) is 16.4. The Morgan fingerprint density at radius 3 is 2.50 bits per heavy atom. The summed E-state index contributed by atoms with van der Waals surface area (Å²) >= 11 is 6.02. The van der Waals surface area contributed by atoms with Crippen LogP contribution < -0.4 is 4.90 Å². The van der Waals surface area contributed by atoms with Gasteiger partial charge in [-0.25, -0.2) is 4.98 Å². The fourth-order valence-corrected chi connectivity index (χ4v) is 1.85. The Balaban J connectivity index is 3.18. The Bertz CT molecular complexity index is 511. The second-order valence-corrected chi connectivity index (χ2v) is 6.08. The van der Waals surface area contributed by atoms with Gasteiger partial charge >= 0.3 is 5.97 Å². The molecule has 1 unspecified atom stereocenters. The topological polar surface area (TPSA) is 70.5 Å². The van der Waals surface area contributed by atoms with Gasteiger partial charge < -0.3 is 10.0 Å². The van der Waals surface area contributed by atoms with Crippen molar-refractivity contribution in [1.82, 2.24) is 4.98 Å². The summed E-state index contributed by atoms with van der Waals surface area (Å²) in [6, 6.07) is 3.32. The summed E-state index contributed by atoms with van der Waals surface area (Å²) in [6.45, 7) is 6.93. The maximum absolute atomic E-state index is 12.5. The maximum Gasteiger partial charge on any atom is 0.308 e. The molecule has 0 aliphatic heterocycles. The zero-order valence-electron chi connectivity index (χ0n) is 12.1. The van der Waals surface area contributed by atoms with Gasteiger partial charge in [-0.05, 0) is 12.1 Å². The number of rotatable bonds is 4. The molecule has 1 rings (SSSR count). The Morgan fingerprint density at radius 2 is 2.05 bits per heavy atom. The molecule has 0 fully saturated rings. The van der Waals surface area contributed by atoms with Crippen LogP contribution in [0.4, 0.5) is 5.69 Å². The van der Waals surface area contributed by atoms with Gasteiger partial charge in [0.2, 0.25) is 5.91 Å². The van der Waals surface area contributed by atoms with E-state index in [2.05, 4.69) is 4.98 Å². The highest BCUT2D eigenvalue weighted by Gasteiger charge is 2.31.